The molecule has 0 aliphatic carbocycles. The molecule has 0 aliphatic rings. The van der Waals surface area contributed by atoms with Crippen LogP contribution < -0.4 is 0 Å². The fourth-order valence-corrected chi connectivity index (χ4v) is 0.959. The fourth-order valence-electron chi connectivity index (χ4n) is 0.959. The Balaban J connectivity index is 3.02. The van der Waals surface area contributed by atoms with Crippen molar-refractivity contribution in [2.45, 2.75) is 12.8 Å². The Hall–Kier alpha value is -1.38. The van der Waals surface area contributed by atoms with Crippen molar-refractivity contribution in [1.82, 2.24) is 0 Å². The number of benzene rings is 1. The highest BCUT2D eigenvalue weighted by molar-refractivity contribution is 5.75. The second-order valence-electron chi connectivity index (χ2n) is 2.58. The van der Waals surface area contributed by atoms with Gasteiger partial charge in [0.2, 0.25) is 0 Å². The molecule has 64 valence electrons. The smallest absolute Gasteiger partial charge is 0.310 e. The summed E-state index contributed by atoms with van der Waals surface area (Å²) in [6.07, 6.45) is 0. The van der Waals surface area contributed by atoms with Crippen molar-refractivity contribution in [2.24, 2.45) is 0 Å². The minimum atomic E-state index is -1.01. The van der Waals surface area contributed by atoms with Crippen LogP contribution in [0.25, 0.3) is 0 Å². The minimum absolute atomic E-state index is 0.227. The van der Waals surface area contributed by atoms with E-state index in [0.29, 0.717) is 0 Å². The Morgan fingerprint density at radius 2 is 2.08 bits per heavy atom. The SMILES string of the molecule is CC(C(=O)O)c1ccccc1F. The average Bonchev–Trinajstić information content (AvgIpc) is 2.04. The summed E-state index contributed by atoms with van der Waals surface area (Å²) in [6, 6.07) is 5.90. The van der Waals surface area contributed by atoms with Gasteiger partial charge in [0.15, 0.2) is 0 Å². The van der Waals surface area contributed by atoms with E-state index in [9.17, 15) is 9.18 Å². The number of halogens is 1. The van der Waals surface area contributed by atoms with Gasteiger partial charge in [0.25, 0.3) is 0 Å². The molecule has 2 nitrogen and oxygen atoms in total. The molecule has 1 N–H and O–H groups in total. The van der Waals surface area contributed by atoms with Crippen LogP contribution in [0.2, 0.25) is 0 Å². The van der Waals surface area contributed by atoms with Crippen molar-refractivity contribution < 1.29 is 14.3 Å². The van der Waals surface area contributed by atoms with Gasteiger partial charge in [-0.1, -0.05) is 18.2 Å². The van der Waals surface area contributed by atoms with Crippen LogP contribution in [0.15, 0.2) is 24.3 Å². The van der Waals surface area contributed by atoms with Crippen molar-refractivity contribution >= 4 is 5.97 Å². The molecule has 0 radical (unpaired) electrons. The first-order valence-corrected chi connectivity index (χ1v) is 3.60. The zero-order chi connectivity index (χ0) is 9.14. The van der Waals surface area contributed by atoms with Gasteiger partial charge < -0.3 is 5.11 Å². The molecule has 0 spiro atoms. The number of carboxylic acids is 1. The molecule has 1 rings (SSSR count). The van der Waals surface area contributed by atoms with Gasteiger partial charge in [-0.3, -0.25) is 4.79 Å². The molecule has 1 unspecified atom stereocenters. The number of carbonyl (C=O) groups is 1. The van der Waals surface area contributed by atoms with Gasteiger partial charge in [0.05, 0.1) is 5.92 Å². The molecule has 0 heterocycles. The van der Waals surface area contributed by atoms with Crippen molar-refractivity contribution in [3.05, 3.63) is 35.6 Å². The van der Waals surface area contributed by atoms with Gasteiger partial charge in [-0.2, -0.15) is 0 Å². The van der Waals surface area contributed by atoms with E-state index in [0.717, 1.165) is 0 Å². The molecule has 1 aromatic rings. The molecule has 0 amide bonds. The Morgan fingerprint density at radius 1 is 1.50 bits per heavy atom. The van der Waals surface area contributed by atoms with Crippen molar-refractivity contribution in [1.29, 1.82) is 0 Å². The molecule has 0 saturated heterocycles. The zero-order valence-electron chi connectivity index (χ0n) is 6.62. The standard InChI is InChI=1S/C9H9FO2/c1-6(9(11)12)7-4-2-3-5-8(7)10/h2-6H,1H3,(H,11,12). The molecule has 0 aliphatic heterocycles. The quantitative estimate of drug-likeness (QED) is 0.733. The first-order chi connectivity index (χ1) is 5.63. The van der Waals surface area contributed by atoms with Gasteiger partial charge in [-0.05, 0) is 13.0 Å². The van der Waals surface area contributed by atoms with E-state index in [4.69, 9.17) is 5.11 Å². The van der Waals surface area contributed by atoms with Crippen LogP contribution >= 0.6 is 0 Å². The van der Waals surface area contributed by atoms with Gasteiger partial charge in [0.1, 0.15) is 5.82 Å². The van der Waals surface area contributed by atoms with Crippen LogP contribution in [0.3, 0.4) is 0 Å². The second kappa shape index (κ2) is 3.34. The van der Waals surface area contributed by atoms with Crippen LogP contribution in [0.4, 0.5) is 4.39 Å². The van der Waals surface area contributed by atoms with Gasteiger partial charge >= 0.3 is 5.97 Å². The number of hydrogen-bond donors (Lipinski definition) is 1. The van der Waals surface area contributed by atoms with Crippen LogP contribution in [0.5, 0.6) is 0 Å². The van der Waals surface area contributed by atoms with E-state index >= 15 is 0 Å². The fraction of sp³-hybridized carbons (Fsp3) is 0.222. The van der Waals surface area contributed by atoms with Crippen LogP contribution in [0, 0.1) is 5.82 Å². The predicted molar refractivity (Wildman–Crippen MR) is 42.5 cm³/mol. The van der Waals surface area contributed by atoms with E-state index in [1.165, 1.54) is 25.1 Å². The lowest BCUT2D eigenvalue weighted by atomic mass is 10.0. The average molecular weight is 168 g/mol. The van der Waals surface area contributed by atoms with Crippen molar-refractivity contribution in [3.8, 4) is 0 Å². The van der Waals surface area contributed by atoms with E-state index in [-0.39, 0.29) is 5.56 Å². The maximum Gasteiger partial charge on any atom is 0.310 e. The Bertz CT molecular complexity index is 296. The first-order valence-electron chi connectivity index (χ1n) is 3.60. The van der Waals surface area contributed by atoms with Crippen molar-refractivity contribution in [2.75, 3.05) is 0 Å². The molecular formula is C9H9FO2. The highest BCUT2D eigenvalue weighted by Gasteiger charge is 2.16. The molecule has 0 saturated carbocycles. The molecule has 1 aromatic carbocycles. The number of aliphatic carboxylic acids is 1. The highest BCUT2D eigenvalue weighted by atomic mass is 19.1. The molecule has 12 heavy (non-hydrogen) atoms. The molecule has 1 atom stereocenters. The Labute approximate surface area is 69.6 Å². The minimum Gasteiger partial charge on any atom is -0.481 e. The summed E-state index contributed by atoms with van der Waals surface area (Å²) < 4.78 is 12.9. The monoisotopic (exact) mass is 168 g/mol. The number of rotatable bonds is 2. The summed E-state index contributed by atoms with van der Waals surface area (Å²) in [5.41, 5.74) is 0.227. The third-order valence-corrected chi connectivity index (χ3v) is 1.74. The Morgan fingerprint density at radius 3 is 2.58 bits per heavy atom. The lowest BCUT2D eigenvalue weighted by Gasteiger charge is -2.06. The number of carboxylic acid groups (broad SMARTS) is 1. The third-order valence-electron chi connectivity index (χ3n) is 1.74. The summed E-state index contributed by atoms with van der Waals surface area (Å²) in [6.45, 7) is 1.46. The second-order valence-corrected chi connectivity index (χ2v) is 2.58. The highest BCUT2D eigenvalue weighted by Crippen LogP contribution is 2.18. The Kier molecular flexibility index (Phi) is 2.43. The molecule has 0 bridgehead atoms. The molecule has 0 fully saturated rings. The van der Waals surface area contributed by atoms with Crippen LogP contribution in [0.1, 0.15) is 18.4 Å². The molecule has 0 aromatic heterocycles. The van der Waals surface area contributed by atoms with Crippen molar-refractivity contribution in [3.63, 3.8) is 0 Å². The maximum absolute atomic E-state index is 12.9. The van der Waals surface area contributed by atoms with E-state index < -0.39 is 17.7 Å². The van der Waals surface area contributed by atoms with E-state index in [1.54, 1.807) is 6.07 Å². The van der Waals surface area contributed by atoms with Gasteiger partial charge in [-0.15, -0.1) is 0 Å². The summed E-state index contributed by atoms with van der Waals surface area (Å²) in [7, 11) is 0. The summed E-state index contributed by atoms with van der Waals surface area (Å²) in [5, 5.41) is 8.59. The topological polar surface area (TPSA) is 37.3 Å². The third kappa shape index (κ3) is 1.61. The number of hydrogen-bond acceptors (Lipinski definition) is 1. The van der Waals surface area contributed by atoms with E-state index in [2.05, 4.69) is 0 Å². The predicted octanol–water partition coefficient (Wildman–Crippen LogP) is 2.01. The zero-order valence-corrected chi connectivity index (χ0v) is 6.62. The normalized spacial score (nSPS) is 12.5. The van der Waals surface area contributed by atoms with Gasteiger partial charge in [-0.25, -0.2) is 4.39 Å². The summed E-state index contributed by atoms with van der Waals surface area (Å²) in [5.74, 6) is -2.27. The maximum atomic E-state index is 12.9. The lowest BCUT2D eigenvalue weighted by Crippen LogP contribution is -2.08. The van der Waals surface area contributed by atoms with Gasteiger partial charge in [0, 0.05) is 5.56 Å². The molecule has 3 heteroatoms. The first kappa shape index (κ1) is 8.71. The van der Waals surface area contributed by atoms with E-state index in [1.807, 2.05) is 0 Å². The molecular weight excluding hydrogens is 159 g/mol. The summed E-state index contributed by atoms with van der Waals surface area (Å²) in [4.78, 5) is 10.5. The lowest BCUT2D eigenvalue weighted by molar-refractivity contribution is -0.138. The largest absolute Gasteiger partial charge is 0.481 e. The van der Waals surface area contributed by atoms with Crippen LogP contribution in [-0.2, 0) is 4.79 Å². The summed E-state index contributed by atoms with van der Waals surface area (Å²) >= 11 is 0. The van der Waals surface area contributed by atoms with Crippen LogP contribution in [-0.4, -0.2) is 11.1 Å².